The lowest BCUT2D eigenvalue weighted by atomic mass is 10.3. The Morgan fingerprint density at radius 3 is 2.94 bits per heavy atom. The molecule has 0 radical (unpaired) electrons. The van der Waals surface area contributed by atoms with Crippen molar-refractivity contribution in [2.24, 2.45) is 0 Å². The number of rotatable bonds is 5. The van der Waals surface area contributed by atoms with E-state index in [-0.39, 0.29) is 0 Å². The third-order valence-corrected chi connectivity index (χ3v) is 3.82. The molecular formula is C12H18BrN3. The number of hydrogen-bond donors (Lipinski definition) is 1. The van der Waals surface area contributed by atoms with E-state index < -0.39 is 0 Å². The minimum Gasteiger partial charge on any atom is -0.369 e. The van der Waals surface area contributed by atoms with Gasteiger partial charge in [0.2, 0.25) is 0 Å². The molecule has 1 N–H and O–H groups in total. The maximum atomic E-state index is 4.32. The molecule has 1 heterocycles. The molecule has 4 heteroatoms. The van der Waals surface area contributed by atoms with Gasteiger partial charge in [0, 0.05) is 29.8 Å². The first-order valence-electron chi connectivity index (χ1n) is 5.73. The van der Waals surface area contributed by atoms with Gasteiger partial charge >= 0.3 is 0 Å². The molecule has 1 saturated carbocycles. The van der Waals surface area contributed by atoms with E-state index in [9.17, 15) is 0 Å². The van der Waals surface area contributed by atoms with Crippen molar-refractivity contribution in [1.29, 1.82) is 0 Å². The topological polar surface area (TPSA) is 28.2 Å². The number of pyridine rings is 1. The number of nitrogens with one attached hydrogen (secondary N) is 1. The fourth-order valence-electron chi connectivity index (χ4n) is 1.69. The van der Waals surface area contributed by atoms with Crippen LogP contribution in [0, 0.1) is 6.92 Å². The third kappa shape index (κ3) is 3.19. The van der Waals surface area contributed by atoms with Gasteiger partial charge in [0.1, 0.15) is 5.82 Å². The van der Waals surface area contributed by atoms with E-state index in [1.54, 1.807) is 0 Å². The summed E-state index contributed by atoms with van der Waals surface area (Å²) in [5, 5.41) is 3.35. The lowest BCUT2D eigenvalue weighted by molar-refractivity contribution is 0.337. The molecule has 0 bridgehead atoms. The van der Waals surface area contributed by atoms with Gasteiger partial charge in [0.05, 0.1) is 0 Å². The zero-order valence-electron chi connectivity index (χ0n) is 9.83. The predicted molar refractivity (Wildman–Crippen MR) is 70.8 cm³/mol. The Hall–Kier alpha value is -0.610. The van der Waals surface area contributed by atoms with Crippen LogP contribution in [0.1, 0.15) is 18.4 Å². The average Bonchev–Trinajstić information content (AvgIpc) is 3.07. The Balaban J connectivity index is 1.78. The lowest BCUT2D eigenvalue weighted by Gasteiger charge is -2.16. The molecule has 0 unspecified atom stereocenters. The van der Waals surface area contributed by atoms with E-state index in [1.807, 2.05) is 6.20 Å². The van der Waals surface area contributed by atoms with Crippen LogP contribution in [0.4, 0.5) is 5.82 Å². The number of hydrogen-bond acceptors (Lipinski definition) is 3. The average molecular weight is 284 g/mol. The quantitative estimate of drug-likeness (QED) is 0.901. The van der Waals surface area contributed by atoms with E-state index in [4.69, 9.17) is 0 Å². The van der Waals surface area contributed by atoms with Crippen molar-refractivity contribution in [2.75, 3.05) is 25.5 Å². The summed E-state index contributed by atoms with van der Waals surface area (Å²) in [5.74, 6) is 0.963. The summed E-state index contributed by atoms with van der Waals surface area (Å²) in [4.78, 5) is 6.74. The molecular weight excluding hydrogens is 266 g/mol. The van der Waals surface area contributed by atoms with Crippen LogP contribution in [0.15, 0.2) is 16.7 Å². The molecule has 0 atom stereocenters. The number of nitrogens with zero attached hydrogens (tertiary/aromatic N) is 2. The third-order valence-electron chi connectivity index (χ3n) is 2.99. The summed E-state index contributed by atoms with van der Waals surface area (Å²) >= 11 is 3.45. The summed E-state index contributed by atoms with van der Waals surface area (Å²) in [6, 6.07) is 2.91. The minimum absolute atomic E-state index is 0.835. The van der Waals surface area contributed by atoms with Crippen molar-refractivity contribution in [1.82, 2.24) is 9.88 Å². The molecule has 0 saturated heterocycles. The SMILES string of the molecule is Cc1cc(NCCN(C)C2CC2)ncc1Br. The fraction of sp³-hybridized carbons (Fsp3) is 0.583. The number of aromatic nitrogens is 1. The molecule has 16 heavy (non-hydrogen) atoms. The van der Waals surface area contributed by atoms with Crippen LogP contribution in [0.25, 0.3) is 0 Å². The van der Waals surface area contributed by atoms with Crippen molar-refractivity contribution in [3.8, 4) is 0 Å². The van der Waals surface area contributed by atoms with E-state index in [0.29, 0.717) is 0 Å². The molecule has 1 fully saturated rings. The summed E-state index contributed by atoms with van der Waals surface area (Å²) in [7, 11) is 2.19. The van der Waals surface area contributed by atoms with Gasteiger partial charge in [0.15, 0.2) is 0 Å². The number of anilines is 1. The van der Waals surface area contributed by atoms with Crippen LogP contribution in [0.2, 0.25) is 0 Å². The monoisotopic (exact) mass is 283 g/mol. The van der Waals surface area contributed by atoms with Gasteiger partial charge in [-0.3, -0.25) is 0 Å². The maximum absolute atomic E-state index is 4.32. The fourth-order valence-corrected chi connectivity index (χ4v) is 1.91. The first-order valence-corrected chi connectivity index (χ1v) is 6.52. The highest BCUT2D eigenvalue weighted by atomic mass is 79.9. The van der Waals surface area contributed by atoms with E-state index in [2.05, 4.69) is 51.2 Å². The Kier molecular flexibility index (Phi) is 3.82. The highest BCUT2D eigenvalue weighted by Crippen LogP contribution is 2.24. The van der Waals surface area contributed by atoms with Crippen LogP contribution in [-0.2, 0) is 0 Å². The van der Waals surface area contributed by atoms with E-state index in [1.165, 1.54) is 18.4 Å². The molecule has 88 valence electrons. The smallest absolute Gasteiger partial charge is 0.126 e. The van der Waals surface area contributed by atoms with Crippen LogP contribution < -0.4 is 5.32 Å². The second-order valence-electron chi connectivity index (χ2n) is 4.46. The van der Waals surface area contributed by atoms with Gasteiger partial charge < -0.3 is 10.2 Å². The maximum Gasteiger partial charge on any atom is 0.126 e. The van der Waals surface area contributed by atoms with Crippen LogP contribution >= 0.6 is 15.9 Å². The van der Waals surface area contributed by atoms with Crippen molar-refractivity contribution in [3.05, 3.63) is 22.3 Å². The second kappa shape index (κ2) is 5.15. The normalized spacial score (nSPS) is 15.5. The first kappa shape index (κ1) is 11.9. The van der Waals surface area contributed by atoms with Crippen molar-refractivity contribution >= 4 is 21.7 Å². The Bertz CT molecular complexity index is 363. The Morgan fingerprint density at radius 2 is 2.31 bits per heavy atom. The molecule has 0 aromatic carbocycles. The molecule has 1 aliphatic carbocycles. The molecule has 3 nitrogen and oxygen atoms in total. The molecule has 2 rings (SSSR count). The van der Waals surface area contributed by atoms with E-state index in [0.717, 1.165) is 29.4 Å². The summed E-state index contributed by atoms with van der Waals surface area (Å²) in [6.45, 7) is 4.12. The zero-order chi connectivity index (χ0) is 11.5. The number of likely N-dealkylation sites (N-methyl/N-ethyl adjacent to an activating group) is 1. The van der Waals surface area contributed by atoms with Crippen LogP contribution in [0.5, 0.6) is 0 Å². The molecule has 1 aromatic heterocycles. The summed E-state index contributed by atoms with van der Waals surface area (Å²) in [6.07, 6.45) is 4.58. The van der Waals surface area contributed by atoms with Crippen molar-refractivity contribution in [2.45, 2.75) is 25.8 Å². The van der Waals surface area contributed by atoms with Crippen molar-refractivity contribution < 1.29 is 0 Å². The molecule has 1 aliphatic rings. The van der Waals surface area contributed by atoms with Gasteiger partial charge in [-0.1, -0.05) is 0 Å². The number of halogens is 1. The van der Waals surface area contributed by atoms with Gasteiger partial charge in [-0.05, 0) is 54.4 Å². The number of aryl methyl sites for hydroxylation is 1. The van der Waals surface area contributed by atoms with Gasteiger partial charge in [-0.25, -0.2) is 4.98 Å². The Labute approximate surface area is 105 Å². The predicted octanol–water partition coefficient (Wildman–Crippen LogP) is 2.66. The summed E-state index contributed by atoms with van der Waals surface area (Å²) in [5.41, 5.74) is 1.22. The highest BCUT2D eigenvalue weighted by Gasteiger charge is 2.25. The lowest BCUT2D eigenvalue weighted by Crippen LogP contribution is -2.27. The van der Waals surface area contributed by atoms with Crippen LogP contribution in [-0.4, -0.2) is 36.1 Å². The molecule has 0 aliphatic heterocycles. The highest BCUT2D eigenvalue weighted by molar-refractivity contribution is 9.10. The largest absolute Gasteiger partial charge is 0.369 e. The Morgan fingerprint density at radius 1 is 1.56 bits per heavy atom. The molecule has 0 spiro atoms. The standard InChI is InChI=1S/C12H18BrN3/c1-9-7-12(15-8-11(9)13)14-5-6-16(2)10-3-4-10/h7-8,10H,3-6H2,1-2H3,(H,14,15). The van der Waals surface area contributed by atoms with Crippen molar-refractivity contribution in [3.63, 3.8) is 0 Å². The summed E-state index contributed by atoms with van der Waals surface area (Å²) < 4.78 is 1.06. The zero-order valence-corrected chi connectivity index (χ0v) is 11.4. The first-order chi connectivity index (χ1) is 7.66. The van der Waals surface area contributed by atoms with Crippen LogP contribution in [0.3, 0.4) is 0 Å². The van der Waals surface area contributed by atoms with Gasteiger partial charge in [0.25, 0.3) is 0 Å². The van der Waals surface area contributed by atoms with Gasteiger partial charge in [-0.15, -0.1) is 0 Å². The van der Waals surface area contributed by atoms with Gasteiger partial charge in [-0.2, -0.15) is 0 Å². The molecule has 0 amide bonds. The minimum atomic E-state index is 0.835. The van der Waals surface area contributed by atoms with E-state index >= 15 is 0 Å². The second-order valence-corrected chi connectivity index (χ2v) is 5.31. The molecule has 1 aromatic rings.